The maximum absolute atomic E-state index is 12.1. The molecule has 7 heteroatoms. The molecule has 0 radical (unpaired) electrons. The number of carbonyl (C=O) groups excluding carboxylic acids is 1. The van der Waals surface area contributed by atoms with Gasteiger partial charge in [0.1, 0.15) is 5.82 Å². The van der Waals surface area contributed by atoms with Gasteiger partial charge >= 0.3 is 12.0 Å². The minimum absolute atomic E-state index is 0.0576. The van der Waals surface area contributed by atoms with Crippen LogP contribution in [0.2, 0.25) is 0 Å². The molecule has 0 atom stereocenters. The fourth-order valence-electron chi connectivity index (χ4n) is 2.50. The van der Waals surface area contributed by atoms with Crippen molar-refractivity contribution in [3.63, 3.8) is 0 Å². The van der Waals surface area contributed by atoms with Crippen molar-refractivity contribution in [3.8, 4) is 0 Å². The van der Waals surface area contributed by atoms with Gasteiger partial charge in [0.15, 0.2) is 0 Å². The largest absolute Gasteiger partial charge is 0.481 e. The third-order valence-electron chi connectivity index (χ3n) is 3.90. The number of likely N-dealkylation sites (N-methyl/N-ethyl adjacent to an activating group) is 1. The van der Waals surface area contributed by atoms with Gasteiger partial charge in [0, 0.05) is 33.7 Å². The quantitative estimate of drug-likeness (QED) is 0.831. The summed E-state index contributed by atoms with van der Waals surface area (Å²) < 4.78 is 0. The monoisotopic (exact) mass is 332 g/mol. The number of nitrogens with one attached hydrogen (secondary N) is 1. The zero-order valence-corrected chi connectivity index (χ0v) is 14.2. The maximum Gasteiger partial charge on any atom is 0.319 e. The Kier molecular flexibility index (Phi) is 6.17. The summed E-state index contributed by atoms with van der Waals surface area (Å²) in [6.45, 7) is 1.58. The van der Waals surface area contributed by atoms with Crippen molar-refractivity contribution in [1.29, 1.82) is 0 Å². The number of rotatable bonds is 6. The molecular formula is C17H24N4O3. The lowest BCUT2D eigenvalue weighted by molar-refractivity contribution is -0.137. The number of carboxylic acid groups (broad SMARTS) is 1. The van der Waals surface area contributed by atoms with Crippen LogP contribution in [-0.4, -0.2) is 65.6 Å². The molecule has 1 aliphatic heterocycles. The Morgan fingerprint density at radius 2 is 2.12 bits per heavy atom. The van der Waals surface area contributed by atoms with Crippen molar-refractivity contribution >= 4 is 23.9 Å². The second-order valence-corrected chi connectivity index (χ2v) is 5.90. The smallest absolute Gasteiger partial charge is 0.319 e. The minimum atomic E-state index is -0.913. The fourth-order valence-corrected chi connectivity index (χ4v) is 2.50. The molecule has 0 aromatic carbocycles. The Morgan fingerprint density at radius 1 is 1.33 bits per heavy atom. The van der Waals surface area contributed by atoms with Crippen LogP contribution in [0.5, 0.6) is 0 Å². The number of anilines is 1. The molecule has 1 aliphatic rings. The lowest BCUT2D eigenvalue weighted by Crippen LogP contribution is -2.39. The zero-order chi connectivity index (χ0) is 17.5. The van der Waals surface area contributed by atoms with Gasteiger partial charge in [-0.1, -0.05) is 12.1 Å². The molecule has 0 spiro atoms. The number of hydrogen-bond donors (Lipinski definition) is 2. The standard InChI is InChI=1S/C17H24N4O3/c1-20(17(24)21(2)12-9-15(22)23)11-4-6-14-8-7-13-5-3-10-18-16(13)19-14/h4,6-8H,3,5,9-12H2,1-2H3,(H,18,19)(H,22,23)/b6-4-. The van der Waals surface area contributed by atoms with Gasteiger partial charge in [0.05, 0.1) is 12.1 Å². The number of aliphatic carboxylic acids is 1. The number of fused-ring (bicyclic) bond motifs is 1. The molecule has 2 amide bonds. The molecule has 0 bridgehead atoms. The summed E-state index contributed by atoms with van der Waals surface area (Å²) in [4.78, 5) is 30.1. The van der Waals surface area contributed by atoms with Crippen LogP contribution in [-0.2, 0) is 11.2 Å². The molecule has 0 saturated carbocycles. The fraction of sp³-hybridized carbons (Fsp3) is 0.471. The molecule has 7 nitrogen and oxygen atoms in total. The lowest BCUT2D eigenvalue weighted by atomic mass is 10.1. The summed E-state index contributed by atoms with van der Waals surface area (Å²) in [6, 6.07) is 3.85. The van der Waals surface area contributed by atoms with Gasteiger partial charge in [-0.3, -0.25) is 4.79 Å². The predicted octanol–water partition coefficient (Wildman–Crippen LogP) is 1.91. The van der Waals surface area contributed by atoms with Gasteiger partial charge in [-0.25, -0.2) is 9.78 Å². The number of nitrogens with zero attached hydrogens (tertiary/aromatic N) is 3. The van der Waals surface area contributed by atoms with Crippen molar-refractivity contribution < 1.29 is 14.7 Å². The number of pyridine rings is 1. The van der Waals surface area contributed by atoms with Gasteiger partial charge in [-0.05, 0) is 30.5 Å². The summed E-state index contributed by atoms with van der Waals surface area (Å²) in [7, 11) is 3.29. The molecule has 0 fully saturated rings. The van der Waals surface area contributed by atoms with Crippen LogP contribution >= 0.6 is 0 Å². The summed E-state index contributed by atoms with van der Waals surface area (Å²) >= 11 is 0. The van der Waals surface area contributed by atoms with E-state index < -0.39 is 5.97 Å². The second kappa shape index (κ2) is 8.33. The Hall–Kier alpha value is -2.57. The summed E-state index contributed by atoms with van der Waals surface area (Å²) in [6.07, 6.45) is 5.89. The van der Waals surface area contributed by atoms with Gasteiger partial charge in [-0.2, -0.15) is 0 Å². The molecule has 2 heterocycles. The Morgan fingerprint density at radius 3 is 2.88 bits per heavy atom. The van der Waals surface area contributed by atoms with E-state index in [-0.39, 0.29) is 19.0 Å². The average Bonchev–Trinajstić information content (AvgIpc) is 2.58. The highest BCUT2D eigenvalue weighted by Crippen LogP contribution is 2.20. The molecule has 2 rings (SSSR count). The van der Waals surface area contributed by atoms with Crippen LogP contribution < -0.4 is 5.32 Å². The number of amides is 2. The SMILES string of the molecule is CN(C/C=C\c1ccc2c(n1)NCCC2)C(=O)N(C)CCC(=O)O. The minimum Gasteiger partial charge on any atom is -0.481 e. The van der Waals surface area contributed by atoms with E-state index in [1.807, 2.05) is 18.2 Å². The van der Waals surface area contributed by atoms with Crippen LogP contribution in [0.15, 0.2) is 18.2 Å². The number of aryl methyl sites for hydroxylation is 1. The molecule has 24 heavy (non-hydrogen) atoms. The van der Waals surface area contributed by atoms with Crippen molar-refractivity contribution in [2.45, 2.75) is 19.3 Å². The van der Waals surface area contributed by atoms with Crippen LogP contribution in [0, 0.1) is 0 Å². The Bertz CT molecular complexity index is 630. The zero-order valence-electron chi connectivity index (χ0n) is 14.2. The third kappa shape index (κ3) is 4.97. The molecule has 0 unspecified atom stereocenters. The van der Waals surface area contributed by atoms with Crippen LogP contribution in [0.1, 0.15) is 24.1 Å². The summed E-state index contributed by atoms with van der Waals surface area (Å²) in [5, 5.41) is 12.0. The first kappa shape index (κ1) is 17.8. The van der Waals surface area contributed by atoms with Crippen molar-refractivity contribution in [1.82, 2.24) is 14.8 Å². The van der Waals surface area contributed by atoms with Gasteiger partial charge in [-0.15, -0.1) is 0 Å². The lowest BCUT2D eigenvalue weighted by Gasteiger charge is -2.23. The first-order valence-corrected chi connectivity index (χ1v) is 8.05. The normalized spacial score (nSPS) is 13.2. The van der Waals surface area contributed by atoms with Crippen LogP contribution in [0.3, 0.4) is 0 Å². The van der Waals surface area contributed by atoms with E-state index in [2.05, 4.69) is 16.4 Å². The molecule has 0 saturated heterocycles. The third-order valence-corrected chi connectivity index (χ3v) is 3.90. The number of hydrogen-bond acceptors (Lipinski definition) is 4. The van der Waals surface area contributed by atoms with Crippen LogP contribution in [0.4, 0.5) is 10.6 Å². The molecule has 130 valence electrons. The molecule has 2 N–H and O–H groups in total. The molecule has 1 aromatic rings. The first-order valence-electron chi connectivity index (χ1n) is 8.05. The van der Waals surface area contributed by atoms with Crippen LogP contribution in [0.25, 0.3) is 6.08 Å². The van der Waals surface area contributed by atoms with Gasteiger partial charge < -0.3 is 20.2 Å². The number of carboxylic acids is 1. The highest BCUT2D eigenvalue weighted by Gasteiger charge is 2.14. The Labute approximate surface area is 142 Å². The average molecular weight is 332 g/mol. The first-order chi connectivity index (χ1) is 11.5. The topological polar surface area (TPSA) is 85.8 Å². The van der Waals surface area contributed by atoms with Gasteiger partial charge in [0.25, 0.3) is 0 Å². The number of aromatic nitrogens is 1. The predicted molar refractivity (Wildman–Crippen MR) is 93.0 cm³/mol. The van der Waals surface area contributed by atoms with Crippen molar-refractivity contribution in [3.05, 3.63) is 29.5 Å². The highest BCUT2D eigenvalue weighted by atomic mass is 16.4. The van der Waals surface area contributed by atoms with E-state index in [4.69, 9.17) is 5.11 Å². The van der Waals surface area contributed by atoms with Gasteiger partial charge in [0.2, 0.25) is 0 Å². The van der Waals surface area contributed by atoms with Crippen molar-refractivity contribution in [2.24, 2.45) is 0 Å². The second-order valence-electron chi connectivity index (χ2n) is 5.90. The Balaban J connectivity index is 1.86. The number of carbonyl (C=O) groups is 2. The molecule has 0 aliphatic carbocycles. The van der Waals surface area contributed by atoms with E-state index in [0.717, 1.165) is 30.9 Å². The highest BCUT2D eigenvalue weighted by molar-refractivity contribution is 5.75. The van der Waals surface area contributed by atoms with E-state index in [1.54, 1.807) is 14.1 Å². The van der Waals surface area contributed by atoms with E-state index in [0.29, 0.717) is 6.54 Å². The maximum atomic E-state index is 12.1. The molecular weight excluding hydrogens is 308 g/mol. The number of urea groups is 1. The van der Waals surface area contributed by atoms with Crippen molar-refractivity contribution in [2.75, 3.05) is 39.0 Å². The van der Waals surface area contributed by atoms with E-state index in [9.17, 15) is 9.59 Å². The summed E-state index contributed by atoms with van der Waals surface area (Å²) in [5.74, 6) is 0.0329. The molecule has 1 aromatic heterocycles. The summed E-state index contributed by atoms with van der Waals surface area (Å²) in [5.41, 5.74) is 2.09. The van der Waals surface area contributed by atoms with E-state index >= 15 is 0 Å². The van der Waals surface area contributed by atoms with E-state index in [1.165, 1.54) is 15.4 Å².